The maximum Gasteiger partial charge on any atom is 0.0351 e. The summed E-state index contributed by atoms with van der Waals surface area (Å²) >= 11 is 3.68. The molecule has 3 unspecified atom stereocenters. The first-order chi connectivity index (χ1) is 10.2. The molecule has 0 aromatic heterocycles. The Morgan fingerprint density at radius 1 is 1.19 bits per heavy atom. The van der Waals surface area contributed by atoms with Crippen molar-refractivity contribution < 1.29 is 0 Å². The van der Waals surface area contributed by atoms with Crippen LogP contribution in [0.2, 0.25) is 0 Å². The van der Waals surface area contributed by atoms with E-state index in [0.717, 1.165) is 18.4 Å². The highest BCUT2D eigenvalue weighted by molar-refractivity contribution is 9.10. The Morgan fingerprint density at radius 3 is 2.62 bits per heavy atom. The number of rotatable bonds is 6. The minimum absolute atomic E-state index is 0.520. The van der Waals surface area contributed by atoms with Crippen molar-refractivity contribution in [1.29, 1.82) is 0 Å². The molecule has 3 atom stereocenters. The molecule has 0 saturated heterocycles. The molecule has 1 aliphatic rings. The molecule has 0 spiro atoms. The third-order valence-corrected chi connectivity index (χ3v) is 5.42. The van der Waals surface area contributed by atoms with Crippen LogP contribution in [-0.4, -0.2) is 6.54 Å². The first kappa shape index (κ1) is 17.0. The lowest BCUT2D eigenvalue weighted by Gasteiger charge is -2.38. The fraction of sp³-hybridized carbons (Fsp3) is 0.684. The van der Waals surface area contributed by atoms with Crippen LogP contribution in [0.15, 0.2) is 22.7 Å². The molecule has 1 N–H and O–H groups in total. The monoisotopic (exact) mass is 351 g/mol. The molecule has 118 valence electrons. The standard InChI is InChI=1S/C19H30BrN/c1-4-10-21-19(16-11-14(3)12-17(20)13-16)18-9-7-6-8-15(18)5-2/h11-13,15,18-19,21H,4-10H2,1-3H3. The summed E-state index contributed by atoms with van der Waals surface area (Å²) in [4.78, 5) is 0. The van der Waals surface area contributed by atoms with Crippen LogP contribution in [0.25, 0.3) is 0 Å². The molecule has 2 heteroatoms. The lowest BCUT2D eigenvalue weighted by molar-refractivity contribution is 0.175. The average Bonchev–Trinajstić information content (AvgIpc) is 2.47. The van der Waals surface area contributed by atoms with Gasteiger partial charge in [0.05, 0.1) is 0 Å². The molecule has 1 fully saturated rings. The second kappa shape index (κ2) is 8.33. The van der Waals surface area contributed by atoms with Gasteiger partial charge in [-0.15, -0.1) is 0 Å². The zero-order valence-corrected chi connectivity index (χ0v) is 15.4. The van der Waals surface area contributed by atoms with Crippen molar-refractivity contribution >= 4 is 15.9 Å². The van der Waals surface area contributed by atoms with Gasteiger partial charge in [0.1, 0.15) is 0 Å². The zero-order valence-electron chi connectivity index (χ0n) is 13.8. The predicted molar refractivity (Wildman–Crippen MR) is 95.7 cm³/mol. The van der Waals surface area contributed by atoms with Crippen LogP contribution in [0.3, 0.4) is 0 Å². The van der Waals surface area contributed by atoms with Crippen molar-refractivity contribution in [3.05, 3.63) is 33.8 Å². The van der Waals surface area contributed by atoms with E-state index in [1.54, 1.807) is 0 Å². The second-order valence-corrected chi connectivity index (χ2v) is 7.53. The fourth-order valence-electron chi connectivity index (χ4n) is 3.94. The van der Waals surface area contributed by atoms with Crippen molar-refractivity contribution in [3.63, 3.8) is 0 Å². The van der Waals surface area contributed by atoms with Crippen LogP contribution < -0.4 is 5.32 Å². The lowest BCUT2D eigenvalue weighted by Crippen LogP contribution is -2.35. The SMILES string of the molecule is CCCNC(c1cc(C)cc(Br)c1)C1CCCCC1CC. The van der Waals surface area contributed by atoms with Crippen LogP contribution >= 0.6 is 15.9 Å². The summed E-state index contributed by atoms with van der Waals surface area (Å²) in [6.07, 6.45) is 8.14. The number of aryl methyl sites for hydroxylation is 1. The molecule has 0 radical (unpaired) electrons. The molecule has 0 aliphatic heterocycles. The van der Waals surface area contributed by atoms with Crippen molar-refractivity contribution in [3.8, 4) is 0 Å². The van der Waals surface area contributed by atoms with E-state index in [1.807, 2.05) is 0 Å². The van der Waals surface area contributed by atoms with Gasteiger partial charge in [0.2, 0.25) is 0 Å². The molecular formula is C19H30BrN. The summed E-state index contributed by atoms with van der Waals surface area (Å²) < 4.78 is 1.21. The van der Waals surface area contributed by atoms with Gasteiger partial charge in [-0.1, -0.05) is 61.5 Å². The highest BCUT2D eigenvalue weighted by Gasteiger charge is 2.31. The molecule has 1 saturated carbocycles. The first-order valence-electron chi connectivity index (χ1n) is 8.66. The minimum atomic E-state index is 0.520. The summed E-state index contributed by atoms with van der Waals surface area (Å²) in [5.74, 6) is 1.68. The van der Waals surface area contributed by atoms with Crippen molar-refractivity contribution in [2.45, 2.75) is 65.3 Å². The Kier molecular flexibility index (Phi) is 6.75. The maximum atomic E-state index is 3.85. The van der Waals surface area contributed by atoms with Gasteiger partial charge in [0.15, 0.2) is 0 Å². The summed E-state index contributed by atoms with van der Waals surface area (Å²) in [7, 11) is 0. The summed E-state index contributed by atoms with van der Waals surface area (Å²) in [6, 6.07) is 7.42. The van der Waals surface area contributed by atoms with Crippen molar-refractivity contribution in [2.75, 3.05) is 6.54 Å². The van der Waals surface area contributed by atoms with Crippen LogP contribution in [-0.2, 0) is 0 Å². The van der Waals surface area contributed by atoms with Crippen LogP contribution in [0, 0.1) is 18.8 Å². The van der Waals surface area contributed by atoms with Gasteiger partial charge in [-0.2, -0.15) is 0 Å². The number of halogens is 1. The van der Waals surface area contributed by atoms with Gasteiger partial charge in [0.25, 0.3) is 0 Å². The smallest absolute Gasteiger partial charge is 0.0351 e. The Morgan fingerprint density at radius 2 is 1.95 bits per heavy atom. The Hall–Kier alpha value is -0.340. The van der Waals surface area contributed by atoms with Gasteiger partial charge < -0.3 is 5.32 Å². The zero-order chi connectivity index (χ0) is 15.2. The normalized spacial score (nSPS) is 24.0. The van der Waals surface area contributed by atoms with E-state index in [1.165, 1.54) is 54.1 Å². The van der Waals surface area contributed by atoms with Gasteiger partial charge in [0, 0.05) is 10.5 Å². The van der Waals surface area contributed by atoms with Gasteiger partial charge in [-0.3, -0.25) is 0 Å². The molecule has 0 heterocycles. The van der Waals surface area contributed by atoms with E-state index in [0.29, 0.717) is 6.04 Å². The summed E-state index contributed by atoms with van der Waals surface area (Å²) in [5, 5.41) is 3.85. The fourth-order valence-corrected chi connectivity index (χ4v) is 4.57. The largest absolute Gasteiger partial charge is 0.310 e. The van der Waals surface area contributed by atoms with Crippen molar-refractivity contribution in [1.82, 2.24) is 5.32 Å². The van der Waals surface area contributed by atoms with E-state index in [2.05, 4.69) is 60.2 Å². The third kappa shape index (κ3) is 4.56. The van der Waals surface area contributed by atoms with Gasteiger partial charge in [-0.05, 0) is 61.4 Å². The van der Waals surface area contributed by atoms with Crippen LogP contribution in [0.4, 0.5) is 0 Å². The van der Waals surface area contributed by atoms with E-state index >= 15 is 0 Å². The predicted octanol–water partition coefficient (Wildman–Crippen LogP) is 6.01. The Balaban J connectivity index is 2.27. The number of hydrogen-bond donors (Lipinski definition) is 1. The molecule has 1 aliphatic carbocycles. The van der Waals surface area contributed by atoms with E-state index in [-0.39, 0.29) is 0 Å². The molecular weight excluding hydrogens is 322 g/mol. The molecule has 1 nitrogen and oxygen atoms in total. The Bertz CT molecular complexity index is 423. The van der Waals surface area contributed by atoms with Gasteiger partial charge in [-0.25, -0.2) is 0 Å². The molecule has 2 rings (SSSR count). The van der Waals surface area contributed by atoms with E-state index < -0.39 is 0 Å². The minimum Gasteiger partial charge on any atom is -0.310 e. The topological polar surface area (TPSA) is 12.0 Å². The molecule has 0 amide bonds. The highest BCUT2D eigenvalue weighted by Crippen LogP contribution is 2.41. The summed E-state index contributed by atoms with van der Waals surface area (Å²) in [5.41, 5.74) is 2.83. The highest BCUT2D eigenvalue weighted by atomic mass is 79.9. The van der Waals surface area contributed by atoms with Crippen LogP contribution in [0.1, 0.15) is 69.5 Å². The summed E-state index contributed by atoms with van der Waals surface area (Å²) in [6.45, 7) is 7.94. The molecule has 21 heavy (non-hydrogen) atoms. The average molecular weight is 352 g/mol. The number of hydrogen-bond acceptors (Lipinski definition) is 1. The molecule has 1 aromatic rings. The van der Waals surface area contributed by atoms with Crippen molar-refractivity contribution in [2.24, 2.45) is 11.8 Å². The van der Waals surface area contributed by atoms with Gasteiger partial charge >= 0.3 is 0 Å². The molecule has 0 bridgehead atoms. The molecule has 1 aromatic carbocycles. The maximum absolute atomic E-state index is 3.85. The lowest BCUT2D eigenvalue weighted by atomic mass is 9.72. The number of nitrogens with one attached hydrogen (secondary N) is 1. The van der Waals surface area contributed by atoms with Crippen LogP contribution in [0.5, 0.6) is 0 Å². The number of benzene rings is 1. The second-order valence-electron chi connectivity index (χ2n) is 6.61. The third-order valence-electron chi connectivity index (χ3n) is 4.96. The van der Waals surface area contributed by atoms with E-state index in [4.69, 9.17) is 0 Å². The van der Waals surface area contributed by atoms with E-state index in [9.17, 15) is 0 Å². The Labute approximate surface area is 139 Å². The first-order valence-corrected chi connectivity index (χ1v) is 9.45. The quantitative estimate of drug-likeness (QED) is 0.661.